The molecule has 0 saturated carbocycles. The Morgan fingerprint density at radius 1 is 1.26 bits per heavy atom. The molecule has 0 aliphatic carbocycles. The van der Waals surface area contributed by atoms with Crippen LogP contribution in [-0.2, 0) is 4.79 Å². The maximum absolute atomic E-state index is 12.5. The first-order valence-electron chi connectivity index (χ1n) is 7.54. The number of nitrogens with zero attached hydrogens (tertiary/aromatic N) is 2. The van der Waals surface area contributed by atoms with E-state index in [2.05, 4.69) is 10.2 Å². The average Bonchev–Trinajstić information content (AvgIpc) is 2.85. The first kappa shape index (κ1) is 13.3. The average molecular weight is 267 g/mol. The zero-order chi connectivity index (χ0) is 13.5. The van der Waals surface area contributed by atoms with E-state index >= 15 is 0 Å². The van der Waals surface area contributed by atoms with Crippen molar-refractivity contribution < 1.29 is 9.90 Å². The Labute approximate surface area is 114 Å². The molecule has 0 aromatic heterocycles. The molecule has 3 saturated heterocycles. The quantitative estimate of drug-likeness (QED) is 0.727. The highest BCUT2D eigenvalue weighted by atomic mass is 16.3. The number of hydrogen-bond acceptors (Lipinski definition) is 4. The van der Waals surface area contributed by atoms with Crippen molar-refractivity contribution in [3.63, 3.8) is 0 Å². The third-order valence-corrected chi connectivity index (χ3v) is 4.73. The molecule has 3 rings (SSSR count). The number of likely N-dealkylation sites (tertiary alicyclic amines) is 2. The lowest BCUT2D eigenvalue weighted by molar-refractivity contribution is -0.157. The molecule has 0 spiro atoms. The number of nitrogens with one attached hydrogen (secondary N) is 1. The molecule has 3 fully saturated rings. The predicted molar refractivity (Wildman–Crippen MR) is 72.8 cm³/mol. The van der Waals surface area contributed by atoms with Crippen LogP contribution in [0.3, 0.4) is 0 Å². The molecule has 1 atom stereocenters. The van der Waals surface area contributed by atoms with Gasteiger partial charge in [-0.25, -0.2) is 0 Å². The fourth-order valence-electron chi connectivity index (χ4n) is 3.77. The van der Waals surface area contributed by atoms with Crippen molar-refractivity contribution in [1.29, 1.82) is 0 Å². The fourth-order valence-corrected chi connectivity index (χ4v) is 3.77. The molecule has 19 heavy (non-hydrogen) atoms. The molecule has 5 nitrogen and oxygen atoms in total. The van der Waals surface area contributed by atoms with Gasteiger partial charge in [-0.3, -0.25) is 9.69 Å². The highest BCUT2D eigenvalue weighted by Gasteiger charge is 2.45. The van der Waals surface area contributed by atoms with E-state index in [0.29, 0.717) is 19.1 Å². The molecule has 1 unspecified atom stereocenters. The van der Waals surface area contributed by atoms with Crippen LogP contribution in [0.5, 0.6) is 0 Å². The first-order chi connectivity index (χ1) is 9.07. The van der Waals surface area contributed by atoms with Gasteiger partial charge in [0, 0.05) is 6.04 Å². The Morgan fingerprint density at radius 2 is 1.95 bits per heavy atom. The third-order valence-electron chi connectivity index (χ3n) is 4.73. The van der Waals surface area contributed by atoms with Gasteiger partial charge in [0.25, 0.3) is 0 Å². The topological polar surface area (TPSA) is 55.8 Å². The van der Waals surface area contributed by atoms with Crippen molar-refractivity contribution in [2.24, 2.45) is 0 Å². The molecular weight excluding hydrogens is 242 g/mol. The van der Waals surface area contributed by atoms with Gasteiger partial charge in [0.1, 0.15) is 0 Å². The molecule has 3 heterocycles. The Hall–Kier alpha value is -0.650. The van der Waals surface area contributed by atoms with Crippen molar-refractivity contribution >= 4 is 5.91 Å². The third kappa shape index (κ3) is 2.64. The van der Waals surface area contributed by atoms with Gasteiger partial charge in [0.15, 0.2) is 0 Å². The zero-order valence-electron chi connectivity index (χ0n) is 11.8. The fraction of sp³-hybridized carbons (Fsp3) is 0.929. The molecule has 2 N–H and O–H groups in total. The van der Waals surface area contributed by atoms with Crippen LogP contribution in [0.4, 0.5) is 0 Å². The Balaban J connectivity index is 1.61. The minimum Gasteiger partial charge on any atom is -0.386 e. The maximum Gasteiger partial charge on any atom is 0.240 e. The van der Waals surface area contributed by atoms with E-state index in [1.54, 1.807) is 6.92 Å². The van der Waals surface area contributed by atoms with Crippen LogP contribution in [0, 0.1) is 0 Å². The number of β-amino-alcohol motifs (C(OH)–C–C–N with tert-alkyl or cyclic N) is 1. The molecular formula is C14H25N3O2. The van der Waals surface area contributed by atoms with Gasteiger partial charge < -0.3 is 15.3 Å². The smallest absolute Gasteiger partial charge is 0.240 e. The second-order valence-electron chi connectivity index (χ2n) is 6.57. The van der Waals surface area contributed by atoms with Crippen LogP contribution in [0.25, 0.3) is 0 Å². The molecule has 5 heteroatoms. The van der Waals surface area contributed by atoms with Crippen molar-refractivity contribution in [2.75, 3.05) is 32.7 Å². The first-order valence-corrected chi connectivity index (χ1v) is 7.54. The second-order valence-corrected chi connectivity index (χ2v) is 6.57. The molecule has 0 aromatic carbocycles. The summed E-state index contributed by atoms with van der Waals surface area (Å²) in [5.74, 6) is 0.238. The maximum atomic E-state index is 12.5. The lowest BCUT2D eigenvalue weighted by Gasteiger charge is -2.46. The lowest BCUT2D eigenvalue weighted by Crippen LogP contribution is -2.65. The summed E-state index contributed by atoms with van der Waals surface area (Å²) in [4.78, 5) is 16.8. The summed E-state index contributed by atoms with van der Waals surface area (Å²) >= 11 is 0. The highest BCUT2D eigenvalue weighted by molar-refractivity contribution is 5.83. The van der Waals surface area contributed by atoms with Crippen LogP contribution < -0.4 is 5.32 Å². The standard InChI is InChI=1S/C14H25N3O2/c1-14(19)9-16(10-14)13(18)12-3-2-8-17(12)11-4-6-15-7-5-11/h11-12,15,19H,2-10H2,1H3. The van der Waals surface area contributed by atoms with E-state index in [1.807, 2.05) is 4.90 Å². The molecule has 0 aromatic rings. The lowest BCUT2D eigenvalue weighted by atomic mass is 9.95. The minimum atomic E-state index is -0.659. The summed E-state index contributed by atoms with van der Waals surface area (Å²) in [6.07, 6.45) is 4.43. The van der Waals surface area contributed by atoms with E-state index in [0.717, 1.165) is 45.3 Å². The molecule has 0 radical (unpaired) electrons. The van der Waals surface area contributed by atoms with Crippen molar-refractivity contribution in [3.05, 3.63) is 0 Å². The van der Waals surface area contributed by atoms with Gasteiger partial charge in [0.05, 0.1) is 24.7 Å². The molecule has 3 aliphatic rings. The summed E-state index contributed by atoms with van der Waals surface area (Å²) < 4.78 is 0. The van der Waals surface area contributed by atoms with Gasteiger partial charge in [0.2, 0.25) is 5.91 Å². The van der Waals surface area contributed by atoms with Gasteiger partial charge in [-0.15, -0.1) is 0 Å². The van der Waals surface area contributed by atoms with Crippen LogP contribution >= 0.6 is 0 Å². The number of rotatable bonds is 2. The SMILES string of the molecule is CC1(O)CN(C(=O)C2CCCN2C2CCNCC2)C1. The van der Waals surface area contributed by atoms with Gasteiger partial charge in [-0.05, 0) is 52.2 Å². The van der Waals surface area contributed by atoms with E-state index in [4.69, 9.17) is 0 Å². The Morgan fingerprint density at radius 3 is 2.58 bits per heavy atom. The Bertz CT molecular complexity index is 345. The second kappa shape index (κ2) is 5.04. The number of carbonyl (C=O) groups is 1. The minimum absolute atomic E-state index is 0.0687. The molecule has 1 amide bonds. The summed E-state index contributed by atoms with van der Waals surface area (Å²) in [5.41, 5.74) is -0.659. The summed E-state index contributed by atoms with van der Waals surface area (Å²) in [6.45, 7) is 6.01. The summed E-state index contributed by atoms with van der Waals surface area (Å²) in [6, 6.07) is 0.638. The number of hydrogen-bond donors (Lipinski definition) is 2. The predicted octanol–water partition coefficient (Wildman–Crippen LogP) is -0.204. The van der Waals surface area contributed by atoms with Gasteiger partial charge in [-0.1, -0.05) is 0 Å². The Kier molecular flexibility index (Phi) is 3.53. The highest BCUT2D eigenvalue weighted by Crippen LogP contribution is 2.29. The van der Waals surface area contributed by atoms with E-state index in [9.17, 15) is 9.90 Å². The summed E-state index contributed by atoms with van der Waals surface area (Å²) in [7, 11) is 0. The van der Waals surface area contributed by atoms with Gasteiger partial charge in [-0.2, -0.15) is 0 Å². The number of piperidine rings is 1. The van der Waals surface area contributed by atoms with E-state index in [-0.39, 0.29) is 11.9 Å². The number of carbonyl (C=O) groups excluding carboxylic acids is 1. The van der Waals surface area contributed by atoms with E-state index < -0.39 is 5.60 Å². The van der Waals surface area contributed by atoms with Crippen LogP contribution in [-0.4, -0.2) is 71.2 Å². The van der Waals surface area contributed by atoms with Crippen molar-refractivity contribution in [1.82, 2.24) is 15.1 Å². The molecule has 0 bridgehead atoms. The van der Waals surface area contributed by atoms with Crippen LogP contribution in [0.1, 0.15) is 32.6 Å². The normalized spacial score (nSPS) is 32.3. The summed E-state index contributed by atoms with van der Waals surface area (Å²) in [5, 5.41) is 13.2. The van der Waals surface area contributed by atoms with Crippen LogP contribution in [0.15, 0.2) is 0 Å². The van der Waals surface area contributed by atoms with Gasteiger partial charge >= 0.3 is 0 Å². The zero-order valence-corrected chi connectivity index (χ0v) is 11.8. The number of aliphatic hydroxyl groups is 1. The number of amides is 1. The van der Waals surface area contributed by atoms with Crippen molar-refractivity contribution in [3.8, 4) is 0 Å². The van der Waals surface area contributed by atoms with Crippen molar-refractivity contribution in [2.45, 2.75) is 50.3 Å². The largest absolute Gasteiger partial charge is 0.386 e. The monoisotopic (exact) mass is 267 g/mol. The van der Waals surface area contributed by atoms with Crippen LogP contribution in [0.2, 0.25) is 0 Å². The van der Waals surface area contributed by atoms with E-state index in [1.165, 1.54) is 0 Å². The molecule has 108 valence electrons. The molecule has 3 aliphatic heterocycles.